The van der Waals surface area contributed by atoms with Gasteiger partial charge in [0.2, 0.25) is 0 Å². The highest BCUT2D eigenvalue weighted by atomic mass is 15.1. The Labute approximate surface area is 103 Å². The quantitative estimate of drug-likeness (QED) is 0.747. The first-order valence-electron chi connectivity index (χ1n) is 6.07. The van der Waals surface area contributed by atoms with Gasteiger partial charge in [0, 0.05) is 25.3 Å². The van der Waals surface area contributed by atoms with Gasteiger partial charge in [0.15, 0.2) is 0 Å². The summed E-state index contributed by atoms with van der Waals surface area (Å²) in [6.07, 6.45) is 9.77. The summed E-state index contributed by atoms with van der Waals surface area (Å²) in [7, 11) is 2.02. The summed E-state index contributed by atoms with van der Waals surface area (Å²) in [5, 5.41) is 3.52. The minimum Gasteiger partial charge on any atom is -0.310 e. The van der Waals surface area contributed by atoms with E-state index in [9.17, 15) is 0 Å². The van der Waals surface area contributed by atoms with E-state index in [0.717, 1.165) is 24.8 Å². The summed E-state index contributed by atoms with van der Waals surface area (Å²) in [6.45, 7) is 2.39. The first-order chi connectivity index (χ1) is 8.29. The van der Waals surface area contributed by atoms with Gasteiger partial charge >= 0.3 is 0 Å². The SMILES string of the molecule is C#CCN(C)Cc1ncccc1CNC1CC1. The van der Waals surface area contributed by atoms with Gasteiger partial charge < -0.3 is 5.32 Å². The van der Waals surface area contributed by atoms with Crippen molar-refractivity contribution in [3.8, 4) is 12.3 Å². The summed E-state index contributed by atoms with van der Waals surface area (Å²) in [5.41, 5.74) is 2.40. The lowest BCUT2D eigenvalue weighted by Gasteiger charge is -2.15. The van der Waals surface area contributed by atoms with Crippen LogP contribution in [0.3, 0.4) is 0 Å². The number of nitrogens with one attached hydrogen (secondary N) is 1. The van der Waals surface area contributed by atoms with Crippen LogP contribution < -0.4 is 5.32 Å². The van der Waals surface area contributed by atoms with Gasteiger partial charge in [-0.2, -0.15) is 0 Å². The summed E-state index contributed by atoms with van der Waals surface area (Å²) in [4.78, 5) is 6.55. The third-order valence-electron chi connectivity index (χ3n) is 2.92. The zero-order chi connectivity index (χ0) is 12.1. The van der Waals surface area contributed by atoms with Crippen molar-refractivity contribution >= 4 is 0 Å². The Hall–Kier alpha value is -1.37. The Kier molecular flexibility index (Phi) is 4.13. The van der Waals surface area contributed by atoms with Crippen molar-refractivity contribution in [2.24, 2.45) is 0 Å². The van der Waals surface area contributed by atoms with Crippen LogP contribution in [-0.4, -0.2) is 29.5 Å². The first-order valence-corrected chi connectivity index (χ1v) is 6.07. The van der Waals surface area contributed by atoms with Gasteiger partial charge in [-0.3, -0.25) is 9.88 Å². The molecule has 1 N–H and O–H groups in total. The molecule has 0 aromatic carbocycles. The molecule has 1 fully saturated rings. The lowest BCUT2D eigenvalue weighted by Crippen LogP contribution is -2.22. The molecule has 0 amide bonds. The van der Waals surface area contributed by atoms with Crippen LogP contribution in [-0.2, 0) is 13.1 Å². The molecule has 3 nitrogen and oxygen atoms in total. The molecule has 0 saturated heterocycles. The molecule has 3 heteroatoms. The molecule has 1 aromatic heterocycles. The Balaban J connectivity index is 1.96. The third kappa shape index (κ3) is 3.85. The van der Waals surface area contributed by atoms with Crippen LogP contribution in [0.4, 0.5) is 0 Å². The predicted molar refractivity (Wildman–Crippen MR) is 69.3 cm³/mol. The molecule has 2 rings (SSSR count). The molecule has 17 heavy (non-hydrogen) atoms. The maximum absolute atomic E-state index is 5.30. The fourth-order valence-corrected chi connectivity index (χ4v) is 1.78. The Morgan fingerprint density at radius 3 is 3.12 bits per heavy atom. The van der Waals surface area contributed by atoms with Gasteiger partial charge in [-0.15, -0.1) is 6.42 Å². The number of rotatable bonds is 6. The third-order valence-corrected chi connectivity index (χ3v) is 2.92. The van der Waals surface area contributed by atoms with Crippen LogP contribution in [0.2, 0.25) is 0 Å². The van der Waals surface area contributed by atoms with E-state index in [1.807, 2.05) is 19.3 Å². The Morgan fingerprint density at radius 2 is 2.41 bits per heavy atom. The minimum atomic E-state index is 0.659. The normalized spacial score (nSPS) is 14.9. The van der Waals surface area contributed by atoms with E-state index in [2.05, 4.69) is 27.2 Å². The van der Waals surface area contributed by atoms with Gasteiger partial charge in [-0.05, 0) is 31.5 Å². The molecule has 1 aromatic rings. The highest BCUT2D eigenvalue weighted by molar-refractivity contribution is 5.20. The summed E-state index contributed by atoms with van der Waals surface area (Å²) in [5.74, 6) is 2.65. The van der Waals surface area contributed by atoms with E-state index in [-0.39, 0.29) is 0 Å². The molecular weight excluding hydrogens is 210 g/mol. The number of aromatic nitrogens is 1. The van der Waals surface area contributed by atoms with E-state index < -0.39 is 0 Å². The smallest absolute Gasteiger partial charge is 0.0599 e. The molecule has 0 bridgehead atoms. The lowest BCUT2D eigenvalue weighted by atomic mass is 10.2. The molecule has 1 heterocycles. The van der Waals surface area contributed by atoms with Crippen molar-refractivity contribution in [1.82, 2.24) is 15.2 Å². The Bertz CT molecular complexity index is 404. The second-order valence-electron chi connectivity index (χ2n) is 4.64. The molecule has 1 saturated carbocycles. The fourth-order valence-electron chi connectivity index (χ4n) is 1.78. The average Bonchev–Trinajstić information content (AvgIpc) is 3.12. The van der Waals surface area contributed by atoms with Gasteiger partial charge in [-0.25, -0.2) is 0 Å². The van der Waals surface area contributed by atoms with E-state index in [4.69, 9.17) is 6.42 Å². The molecule has 1 aliphatic rings. The number of hydrogen-bond donors (Lipinski definition) is 1. The number of nitrogens with zero attached hydrogens (tertiary/aromatic N) is 2. The van der Waals surface area contributed by atoms with E-state index in [1.54, 1.807) is 0 Å². The van der Waals surface area contributed by atoms with Crippen LogP contribution in [0, 0.1) is 12.3 Å². The number of hydrogen-bond acceptors (Lipinski definition) is 3. The van der Waals surface area contributed by atoms with Crippen molar-refractivity contribution in [1.29, 1.82) is 0 Å². The highest BCUT2D eigenvalue weighted by Crippen LogP contribution is 2.19. The van der Waals surface area contributed by atoms with Gasteiger partial charge in [-0.1, -0.05) is 12.0 Å². The molecule has 0 unspecified atom stereocenters. The summed E-state index contributed by atoms with van der Waals surface area (Å²) in [6, 6.07) is 4.86. The van der Waals surface area contributed by atoms with Crippen molar-refractivity contribution in [3.05, 3.63) is 29.6 Å². The van der Waals surface area contributed by atoms with Crippen LogP contribution in [0.25, 0.3) is 0 Å². The molecule has 0 atom stereocenters. The monoisotopic (exact) mass is 229 g/mol. The molecule has 1 aliphatic carbocycles. The van der Waals surface area contributed by atoms with Crippen molar-refractivity contribution in [2.45, 2.75) is 32.0 Å². The molecular formula is C14H19N3. The molecule has 90 valence electrons. The zero-order valence-electron chi connectivity index (χ0n) is 10.3. The molecule has 0 spiro atoms. The van der Waals surface area contributed by atoms with Crippen LogP contribution >= 0.6 is 0 Å². The largest absolute Gasteiger partial charge is 0.310 e. The van der Waals surface area contributed by atoms with Gasteiger partial charge in [0.25, 0.3) is 0 Å². The lowest BCUT2D eigenvalue weighted by molar-refractivity contribution is 0.362. The predicted octanol–water partition coefficient (Wildman–Crippen LogP) is 1.40. The second-order valence-corrected chi connectivity index (χ2v) is 4.64. The highest BCUT2D eigenvalue weighted by Gasteiger charge is 2.20. The van der Waals surface area contributed by atoms with Crippen molar-refractivity contribution < 1.29 is 0 Å². The van der Waals surface area contributed by atoms with E-state index in [0.29, 0.717) is 6.54 Å². The fraction of sp³-hybridized carbons (Fsp3) is 0.500. The second kappa shape index (κ2) is 5.81. The standard InChI is InChI=1S/C14H19N3/c1-3-9-17(2)11-14-12(5-4-8-15-14)10-16-13-6-7-13/h1,4-5,8,13,16H,6-7,9-11H2,2H3. The maximum Gasteiger partial charge on any atom is 0.0599 e. The number of pyridine rings is 1. The zero-order valence-corrected chi connectivity index (χ0v) is 10.3. The van der Waals surface area contributed by atoms with Gasteiger partial charge in [0.1, 0.15) is 0 Å². The molecule has 0 aliphatic heterocycles. The topological polar surface area (TPSA) is 28.2 Å². The van der Waals surface area contributed by atoms with E-state index in [1.165, 1.54) is 18.4 Å². The molecule has 0 radical (unpaired) electrons. The summed E-state index contributed by atoms with van der Waals surface area (Å²) < 4.78 is 0. The first kappa shape index (κ1) is 12.1. The van der Waals surface area contributed by atoms with Crippen LogP contribution in [0.1, 0.15) is 24.1 Å². The average molecular weight is 229 g/mol. The van der Waals surface area contributed by atoms with Crippen LogP contribution in [0.5, 0.6) is 0 Å². The minimum absolute atomic E-state index is 0.659. The number of terminal acetylenes is 1. The van der Waals surface area contributed by atoms with Crippen LogP contribution in [0.15, 0.2) is 18.3 Å². The van der Waals surface area contributed by atoms with Gasteiger partial charge in [0.05, 0.1) is 12.2 Å². The maximum atomic E-state index is 5.30. The van der Waals surface area contributed by atoms with E-state index >= 15 is 0 Å². The Morgan fingerprint density at radius 1 is 1.59 bits per heavy atom. The van der Waals surface area contributed by atoms with Crippen molar-refractivity contribution in [3.63, 3.8) is 0 Å². The van der Waals surface area contributed by atoms with Crippen molar-refractivity contribution in [2.75, 3.05) is 13.6 Å². The summed E-state index contributed by atoms with van der Waals surface area (Å²) >= 11 is 0.